The molecule has 3 N–H and O–H groups in total. The van der Waals surface area contributed by atoms with Crippen LogP contribution in [0.1, 0.15) is 40.0 Å². The van der Waals surface area contributed by atoms with E-state index in [9.17, 15) is 15.2 Å². The third-order valence-electron chi connectivity index (χ3n) is 3.02. The van der Waals surface area contributed by atoms with E-state index in [1.54, 1.807) is 6.92 Å². The minimum absolute atomic E-state index is 0.0266. The molecular weight excluding hydrogens is 272 g/mol. The first-order valence-corrected chi connectivity index (χ1v) is 7.24. The standard InChI is InChI=1S/C14H24N4O3/c1-4-6-14(3,19)10-16-13-9-11(18(20)21)8-12(17-13)15-7-5-2/h8-9,19H,4-7,10H2,1-3H3,(H2,15,16,17). The van der Waals surface area contributed by atoms with Gasteiger partial charge in [-0.15, -0.1) is 0 Å². The molecule has 7 heteroatoms. The van der Waals surface area contributed by atoms with E-state index in [2.05, 4.69) is 15.6 Å². The van der Waals surface area contributed by atoms with Crippen LogP contribution >= 0.6 is 0 Å². The molecule has 1 aromatic heterocycles. The highest BCUT2D eigenvalue weighted by Crippen LogP contribution is 2.21. The Hall–Kier alpha value is -1.89. The molecule has 0 aliphatic carbocycles. The zero-order valence-electron chi connectivity index (χ0n) is 12.8. The van der Waals surface area contributed by atoms with Gasteiger partial charge in [0.05, 0.1) is 22.7 Å². The minimum Gasteiger partial charge on any atom is -0.388 e. The van der Waals surface area contributed by atoms with Gasteiger partial charge in [-0.1, -0.05) is 20.3 Å². The van der Waals surface area contributed by atoms with Crippen LogP contribution in [0.4, 0.5) is 17.3 Å². The summed E-state index contributed by atoms with van der Waals surface area (Å²) in [7, 11) is 0. The highest BCUT2D eigenvalue weighted by molar-refractivity contribution is 5.54. The number of hydrogen-bond donors (Lipinski definition) is 3. The molecule has 1 atom stereocenters. The second-order valence-electron chi connectivity index (χ2n) is 5.38. The van der Waals surface area contributed by atoms with Crippen molar-refractivity contribution in [1.82, 2.24) is 4.98 Å². The Morgan fingerprint density at radius 2 is 1.90 bits per heavy atom. The number of aliphatic hydroxyl groups is 1. The van der Waals surface area contributed by atoms with E-state index in [4.69, 9.17) is 0 Å². The largest absolute Gasteiger partial charge is 0.388 e. The van der Waals surface area contributed by atoms with Crippen molar-refractivity contribution in [1.29, 1.82) is 0 Å². The predicted octanol–water partition coefficient (Wildman–Crippen LogP) is 2.77. The van der Waals surface area contributed by atoms with Gasteiger partial charge in [-0.2, -0.15) is 0 Å². The summed E-state index contributed by atoms with van der Waals surface area (Å²) in [5, 5.41) is 27.1. The first-order chi connectivity index (χ1) is 9.88. The van der Waals surface area contributed by atoms with Gasteiger partial charge in [-0.3, -0.25) is 10.1 Å². The van der Waals surface area contributed by atoms with Crippen molar-refractivity contribution >= 4 is 17.3 Å². The van der Waals surface area contributed by atoms with Crippen molar-refractivity contribution in [3.05, 3.63) is 22.2 Å². The first-order valence-electron chi connectivity index (χ1n) is 7.24. The first kappa shape index (κ1) is 17.2. The number of aromatic nitrogens is 1. The lowest BCUT2D eigenvalue weighted by molar-refractivity contribution is -0.384. The summed E-state index contributed by atoms with van der Waals surface area (Å²) in [4.78, 5) is 14.8. The molecular formula is C14H24N4O3. The predicted molar refractivity (Wildman–Crippen MR) is 83.7 cm³/mol. The molecule has 118 valence electrons. The number of hydrogen-bond acceptors (Lipinski definition) is 6. The van der Waals surface area contributed by atoms with Crippen LogP contribution in [-0.4, -0.2) is 33.7 Å². The van der Waals surface area contributed by atoms with E-state index in [-0.39, 0.29) is 5.69 Å². The average Bonchev–Trinajstić information content (AvgIpc) is 2.43. The number of nitrogens with zero attached hydrogens (tertiary/aromatic N) is 2. The van der Waals surface area contributed by atoms with Crippen LogP contribution in [0.15, 0.2) is 12.1 Å². The molecule has 1 aromatic rings. The second kappa shape index (κ2) is 7.78. The van der Waals surface area contributed by atoms with Crippen LogP contribution < -0.4 is 10.6 Å². The zero-order valence-corrected chi connectivity index (χ0v) is 12.8. The van der Waals surface area contributed by atoms with E-state index in [0.29, 0.717) is 31.1 Å². The SMILES string of the molecule is CCCNc1cc([N+](=O)[O-])cc(NCC(C)(O)CCC)n1. The van der Waals surface area contributed by atoms with Crippen LogP contribution in [0.3, 0.4) is 0 Å². The fourth-order valence-electron chi connectivity index (χ4n) is 1.96. The summed E-state index contributed by atoms with van der Waals surface area (Å²) in [6, 6.07) is 2.78. The van der Waals surface area contributed by atoms with Crippen LogP contribution in [0, 0.1) is 10.1 Å². The summed E-state index contributed by atoms with van der Waals surface area (Å²) in [5.41, 5.74) is -0.890. The van der Waals surface area contributed by atoms with Crippen molar-refractivity contribution in [2.45, 2.75) is 45.6 Å². The quantitative estimate of drug-likeness (QED) is 0.478. The molecule has 1 rings (SSSR count). The van der Waals surface area contributed by atoms with Crippen molar-refractivity contribution in [3.63, 3.8) is 0 Å². The summed E-state index contributed by atoms with van der Waals surface area (Å²) in [5.74, 6) is 0.850. The van der Waals surface area contributed by atoms with Gasteiger partial charge in [-0.25, -0.2) is 4.98 Å². The van der Waals surface area contributed by atoms with Gasteiger partial charge in [-0.05, 0) is 19.8 Å². The number of nitrogens with one attached hydrogen (secondary N) is 2. The van der Waals surface area contributed by atoms with E-state index in [1.807, 2.05) is 13.8 Å². The van der Waals surface area contributed by atoms with Crippen LogP contribution in [0.2, 0.25) is 0 Å². The maximum atomic E-state index is 11.0. The number of anilines is 2. The van der Waals surface area contributed by atoms with Gasteiger partial charge in [0.25, 0.3) is 5.69 Å². The lowest BCUT2D eigenvalue weighted by atomic mass is 10.0. The number of rotatable bonds is 9. The molecule has 1 heterocycles. The summed E-state index contributed by atoms with van der Waals surface area (Å²) in [6.45, 7) is 6.72. The van der Waals surface area contributed by atoms with E-state index in [0.717, 1.165) is 12.8 Å². The van der Waals surface area contributed by atoms with Crippen molar-refractivity contribution in [2.75, 3.05) is 23.7 Å². The molecule has 7 nitrogen and oxygen atoms in total. The molecule has 0 bridgehead atoms. The van der Waals surface area contributed by atoms with Crippen LogP contribution in [-0.2, 0) is 0 Å². The molecule has 0 radical (unpaired) electrons. The van der Waals surface area contributed by atoms with Crippen LogP contribution in [0.25, 0.3) is 0 Å². The molecule has 0 fully saturated rings. The normalized spacial score (nSPS) is 13.5. The Bertz CT molecular complexity index is 477. The molecule has 0 spiro atoms. The highest BCUT2D eigenvalue weighted by atomic mass is 16.6. The van der Waals surface area contributed by atoms with Crippen molar-refractivity contribution in [3.8, 4) is 0 Å². The smallest absolute Gasteiger partial charge is 0.276 e. The summed E-state index contributed by atoms with van der Waals surface area (Å²) >= 11 is 0. The van der Waals surface area contributed by atoms with Crippen molar-refractivity contribution in [2.24, 2.45) is 0 Å². The van der Waals surface area contributed by atoms with Gasteiger partial charge in [0.2, 0.25) is 0 Å². The molecule has 21 heavy (non-hydrogen) atoms. The third kappa shape index (κ3) is 5.95. The van der Waals surface area contributed by atoms with Crippen molar-refractivity contribution < 1.29 is 10.0 Å². The Morgan fingerprint density at radius 3 is 2.43 bits per heavy atom. The van der Waals surface area contributed by atoms with Gasteiger partial charge >= 0.3 is 0 Å². The third-order valence-corrected chi connectivity index (χ3v) is 3.02. The Kier molecular flexibility index (Phi) is 6.36. The maximum Gasteiger partial charge on any atom is 0.276 e. The van der Waals surface area contributed by atoms with E-state index in [1.165, 1.54) is 12.1 Å². The Labute approximate surface area is 124 Å². The van der Waals surface area contributed by atoms with Crippen LogP contribution in [0.5, 0.6) is 0 Å². The van der Waals surface area contributed by atoms with E-state index < -0.39 is 10.5 Å². The fraction of sp³-hybridized carbons (Fsp3) is 0.643. The van der Waals surface area contributed by atoms with Gasteiger partial charge < -0.3 is 15.7 Å². The van der Waals surface area contributed by atoms with Gasteiger partial charge in [0, 0.05) is 13.1 Å². The molecule has 0 saturated carbocycles. The fourth-order valence-corrected chi connectivity index (χ4v) is 1.96. The maximum absolute atomic E-state index is 11.0. The lowest BCUT2D eigenvalue weighted by Crippen LogP contribution is -2.33. The highest BCUT2D eigenvalue weighted by Gasteiger charge is 2.19. The Balaban J connectivity index is 2.84. The summed E-state index contributed by atoms with van der Waals surface area (Å²) < 4.78 is 0. The van der Waals surface area contributed by atoms with Gasteiger partial charge in [0.1, 0.15) is 11.6 Å². The molecule has 0 aliphatic rings. The number of pyridine rings is 1. The number of nitro groups is 1. The second-order valence-corrected chi connectivity index (χ2v) is 5.38. The summed E-state index contributed by atoms with van der Waals surface area (Å²) in [6.07, 6.45) is 2.41. The molecule has 1 unspecified atom stereocenters. The average molecular weight is 296 g/mol. The van der Waals surface area contributed by atoms with E-state index >= 15 is 0 Å². The topological polar surface area (TPSA) is 100 Å². The molecule has 0 saturated heterocycles. The monoisotopic (exact) mass is 296 g/mol. The Morgan fingerprint density at radius 1 is 1.29 bits per heavy atom. The molecule has 0 aromatic carbocycles. The minimum atomic E-state index is -0.863. The zero-order chi connectivity index (χ0) is 15.9. The van der Waals surface area contributed by atoms with Gasteiger partial charge in [0.15, 0.2) is 0 Å². The molecule has 0 amide bonds. The lowest BCUT2D eigenvalue weighted by Gasteiger charge is -2.23. The molecule has 0 aliphatic heterocycles.